The number of rotatable bonds is 17. The van der Waals surface area contributed by atoms with Crippen molar-refractivity contribution < 1.29 is 91.3 Å². The second-order valence-electron chi connectivity index (χ2n) is 20.0. The molecular weight excluding hydrogens is 993 g/mol. The minimum atomic E-state index is -2.54. The van der Waals surface area contributed by atoms with E-state index in [9.17, 15) is 43.8 Å². The quantitative estimate of drug-likeness (QED) is 0.0857. The number of hydrogen-bond donors (Lipinski definition) is 4. The number of nitrogens with two attached hydrogens (primary N) is 1. The molecule has 12 atom stereocenters. The van der Waals surface area contributed by atoms with Gasteiger partial charge in [-0.15, -0.1) is 0 Å². The van der Waals surface area contributed by atoms with Crippen molar-refractivity contribution in [2.75, 3.05) is 19.8 Å². The van der Waals surface area contributed by atoms with Crippen LogP contribution in [0.4, 0.5) is 0 Å². The number of fused-ring (bicyclic) bond motifs is 5. The first-order chi connectivity index (χ1) is 35.9. The number of nitrogens with one attached hydrogen (secondary N) is 1. The summed E-state index contributed by atoms with van der Waals surface area (Å²) in [5, 5.41) is 28.9. The average Bonchev–Trinajstić information content (AvgIpc) is 3.58. The van der Waals surface area contributed by atoms with E-state index < -0.39 is 150 Å². The summed E-state index contributed by atoms with van der Waals surface area (Å²) in [5.74, 6) is -10.9. The van der Waals surface area contributed by atoms with Crippen molar-refractivity contribution in [2.45, 2.75) is 128 Å². The molecule has 1 aliphatic heterocycles. The Morgan fingerprint density at radius 3 is 1.97 bits per heavy atom. The van der Waals surface area contributed by atoms with Gasteiger partial charge in [0, 0.05) is 37.7 Å². The second kappa shape index (κ2) is 22.5. The molecule has 3 aliphatic carbocycles. The van der Waals surface area contributed by atoms with Gasteiger partial charge in [0.2, 0.25) is 6.10 Å². The molecule has 3 aromatic carbocycles. The van der Waals surface area contributed by atoms with Crippen molar-refractivity contribution in [2.24, 2.45) is 22.5 Å². The van der Waals surface area contributed by atoms with Crippen LogP contribution in [0.3, 0.4) is 0 Å². The van der Waals surface area contributed by atoms with Crippen LogP contribution >= 0.6 is 0 Å². The number of amides is 1. The van der Waals surface area contributed by atoms with Gasteiger partial charge in [0.15, 0.2) is 24.1 Å². The van der Waals surface area contributed by atoms with E-state index in [1.807, 2.05) is 0 Å². The zero-order chi connectivity index (χ0) is 55.5. The molecule has 1 saturated heterocycles. The lowest BCUT2D eigenvalue weighted by Gasteiger charge is -2.67. The van der Waals surface area contributed by atoms with Crippen LogP contribution < -0.4 is 11.1 Å². The number of esters is 7. The Labute approximate surface area is 437 Å². The highest BCUT2D eigenvalue weighted by Crippen LogP contribution is 2.64. The van der Waals surface area contributed by atoms with E-state index in [1.54, 1.807) is 54.6 Å². The maximum atomic E-state index is 15.8. The third kappa shape index (κ3) is 10.7. The lowest BCUT2D eigenvalue weighted by Crippen LogP contribution is -2.82. The number of carbonyl (C=O) groups excluding carboxylic acids is 9. The maximum absolute atomic E-state index is 15.8. The Kier molecular flexibility index (Phi) is 16.7. The molecule has 76 heavy (non-hydrogen) atoms. The summed E-state index contributed by atoms with van der Waals surface area (Å²) in [4.78, 5) is 125. The van der Waals surface area contributed by atoms with Gasteiger partial charge in [-0.2, -0.15) is 0 Å². The van der Waals surface area contributed by atoms with Gasteiger partial charge in [0.05, 0.1) is 42.6 Å². The molecule has 21 nitrogen and oxygen atoms in total. The summed E-state index contributed by atoms with van der Waals surface area (Å²) in [5.41, 5.74) is -2.31. The van der Waals surface area contributed by atoms with Crippen LogP contribution in [0, 0.1) is 16.7 Å². The Balaban J connectivity index is 1.37. The zero-order valence-electron chi connectivity index (χ0n) is 43.0. The van der Waals surface area contributed by atoms with Gasteiger partial charge in [-0.25, -0.2) is 14.4 Å². The number of hydrogen-bond acceptors (Lipinski definition) is 20. The maximum Gasteiger partial charge on any atom is 0.350 e. The molecule has 7 rings (SSSR count). The molecule has 3 aromatic rings. The summed E-state index contributed by atoms with van der Waals surface area (Å²) in [7, 11) is 0. The molecule has 2 saturated carbocycles. The number of Topliss-reactive ketones (excluding diaryl/α,β-unsaturated/α-hetero) is 1. The van der Waals surface area contributed by atoms with Crippen LogP contribution in [-0.2, 0) is 71.5 Å². The number of aliphatic hydroxyl groups excluding tert-OH is 1. The van der Waals surface area contributed by atoms with Crippen LogP contribution in [0.5, 0.6) is 0 Å². The Hall–Kier alpha value is -7.33. The number of ether oxygens (including phenoxy) is 8. The van der Waals surface area contributed by atoms with E-state index >= 15 is 9.59 Å². The second-order valence-corrected chi connectivity index (χ2v) is 20.0. The van der Waals surface area contributed by atoms with Gasteiger partial charge >= 0.3 is 41.8 Å². The summed E-state index contributed by atoms with van der Waals surface area (Å²) < 4.78 is 46.4. The smallest absolute Gasteiger partial charge is 0.350 e. The number of ketones is 1. The van der Waals surface area contributed by atoms with E-state index in [4.69, 9.17) is 43.6 Å². The van der Waals surface area contributed by atoms with Gasteiger partial charge in [0.1, 0.15) is 36.0 Å². The fraction of sp³-hybridized carbons (Fsp3) is 0.473. The predicted molar refractivity (Wildman–Crippen MR) is 262 cm³/mol. The standard InChI is InChI=1S/C55H62N2O19/c1-8-69-50(66)35(56)24-39(61)70-27-40(62)74-44(42(32-18-12-9-13-19-32)57-48(64)33-20-14-10-15-21-33)51(67)73-36-26-55(68)47(75-49(65)34-22-16-11-17-23-34)45-53(7,37(60)25-38-54(45,28-71-38)76-31(4)59)46(63)43(72-30(3)58)41(29(36)2)52(55,5)6/h9-23,35-38,42-45,47,60,68H,8,24-28,56H2,1-7H3,(H,57,64)/t35-,36-,37-,38+,42-,43+,44+,45-,47-,53+,54-,55+/m0/s1. The van der Waals surface area contributed by atoms with Crippen molar-refractivity contribution >= 4 is 53.5 Å². The summed E-state index contributed by atoms with van der Waals surface area (Å²) in [6.07, 6.45) is -12.1. The molecule has 1 amide bonds. The molecule has 21 heteroatoms. The molecule has 0 unspecified atom stereocenters. The van der Waals surface area contributed by atoms with Crippen molar-refractivity contribution in [3.05, 3.63) is 119 Å². The molecule has 0 aromatic heterocycles. The molecule has 5 N–H and O–H groups in total. The number of carbonyl (C=O) groups is 9. The van der Waals surface area contributed by atoms with E-state index in [-0.39, 0.29) is 47.5 Å². The van der Waals surface area contributed by atoms with Gasteiger partial charge in [-0.3, -0.25) is 28.8 Å². The SMILES string of the molecule is CCOC(=O)[C@@H](N)CC(=O)OCC(=O)O[C@@H](C(=O)O[C@H]1C[C@@]2(O)[C@@H](OC(=O)c3ccccc3)[C@@H]3[C@]4(OC(C)=O)CO[C@@H]4C[C@H](O)[C@@]3(C)C(=O)[C@H](OC(C)=O)C(=C1C)C2(C)C)[C@@H](NC(=O)c1ccccc1)c1ccccc1. The largest absolute Gasteiger partial charge is 0.465 e. The van der Waals surface area contributed by atoms with Gasteiger partial charge in [0.25, 0.3) is 5.91 Å². The minimum absolute atomic E-state index is 0.00325. The van der Waals surface area contributed by atoms with Crippen LogP contribution in [0.2, 0.25) is 0 Å². The zero-order valence-corrected chi connectivity index (χ0v) is 43.0. The monoisotopic (exact) mass is 1050 g/mol. The third-order valence-corrected chi connectivity index (χ3v) is 15.0. The van der Waals surface area contributed by atoms with E-state index in [1.165, 1.54) is 71.0 Å². The molecule has 3 fully saturated rings. The fourth-order valence-corrected chi connectivity index (χ4v) is 11.2. The van der Waals surface area contributed by atoms with Crippen LogP contribution in [0.15, 0.2) is 102 Å². The van der Waals surface area contributed by atoms with Crippen LogP contribution in [0.1, 0.15) is 100 Å². The molecule has 1 heterocycles. The first-order valence-corrected chi connectivity index (χ1v) is 24.7. The molecular formula is C55H62N2O19. The van der Waals surface area contributed by atoms with Crippen molar-refractivity contribution in [3.63, 3.8) is 0 Å². The van der Waals surface area contributed by atoms with Crippen LogP contribution in [-0.4, -0.2) is 137 Å². The van der Waals surface area contributed by atoms with Crippen LogP contribution in [0.25, 0.3) is 0 Å². The average molecular weight is 1060 g/mol. The van der Waals surface area contributed by atoms with Crippen molar-refractivity contribution in [1.29, 1.82) is 0 Å². The molecule has 4 aliphatic rings. The predicted octanol–water partition coefficient (Wildman–Crippen LogP) is 3.11. The number of aliphatic hydroxyl groups is 2. The van der Waals surface area contributed by atoms with Gasteiger partial charge in [-0.1, -0.05) is 80.6 Å². The topological polar surface area (TPSA) is 306 Å². The summed E-state index contributed by atoms with van der Waals surface area (Å²) >= 11 is 0. The molecule has 2 bridgehead atoms. The highest BCUT2D eigenvalue weighted by molar-refractivity contribution is 5.96. The fourth-order valence-electron chi connectivity index (χ4n) is 11.2. The lowest BCUT2D eigenvalue weighted by atomic mass is 9.44. The Morgan fingerprint density at radius 1 is 0.803 bits per heavy atom. The third-order valence-electron chi connectivity index (χ3n) is 15.0. The first-order valence-electron chi connectivity index (χ1n) is 24.7. The van der Waals surface area contributed by atoms with E-state index in [0.717, 1.165) is 13.8 Å². The van der Waals surface area contributed by atoms with Crippen molar-refractivity contribution in [1.82, 2.24) is 5.32 Å². The van der Waals surface area contributed by atoms with E-state index in [2.05, 4.69) is 5.32 Å². The molecule has 0 radical (unpaired) electrons. The lowest BCUT2D eigenvalue weighted by molar-refractivity contribution is -0.346. The molecule has 406 valence electrons. The summed E-state index contributed by atoms with van der Waals surface area (Å²) in [6, 6.07) is 20.3. The first kappa shape index (κ1) is 56.4. The van der Waals surface area contributed by atoms with Crippen molar-refractivity contribution in [3.8, 4) is 0 Å². The van der Waals surface area contributed by atoms with E-state index in [0.29, 0.717) is 0 Å². The molecule has 0 spiro atoms. The van der Waals surface area contributed by atoms with Gasteiger partial charge < -0.3 is 59.2 Å². The minimum Gasteiger partial charge on any atom is -0.465 e. The normalized spacial score (nSPS) is 28.3. The highest BCUT2D eigenvalue weighted by atomic mass is 16.6. The Bertz CT molecular complexity index is 2770. The Morgan fingerprint density at radius 2 is 1.41 bits per heavy atom. The highest BCUT2D eigenvalue weighted by Gasteiger charge is 2.78. The van der Waals surface area contributed by atoms with Gasteiger partial charge in [-0.05, 0) is 61.7 Å². The summed E-state index contributed by atoms with van der Waals surface area (Å²) in [6.45, 7) is 7.96. The number of benzene rings is 3.